The lowest BCUT2D eigenvalue weighted by Gasteiger charge is -2.32. The van der Waals surface area contributed by atoms with Crippen molar-refractivity contribution < 1.29 is 9.31 Å². The zero-order valence-corrected chi connectivity index (χ0v) is 14.3. The van der Waals surface area contributed by atoms with Crippen LogP contribution < -0.4 is 5.73 Å². The van der Waals surface area contributed by atoms with Gasteiger partial charge >= 0.3 is 7.12 Å². The second-order valence-corrected chi connectivity index (χ2v) is 7.35. The van der Waals surface area contributed by atoms with Gasteiger partial charge in [0.2, 0.25) is 0 Å². The smallest absolute Gasteiger partial charge is 0.400 e. The minimum absolute atomic E-state index is 0.346. The van der Waals surface area contributed by atoms with E-state index in [1.54, 1.807) is 0 Å². The van der Waals surface area contributed by atoms with E-state index in [0.29, 0.717) is 10.9 Å². The quantitative estimate of drug-likeness (QED) is 0.665. The highest BCUT2D eigenvalue weighted by Crippen LogP contribution is 2.39. The highest BCUT2D eigenvalue weighted by atomic mass is 32.1. The standard InChI is InChI=1S/C13H21BN2O2S2/c1-8-10(20-11(15)16-8)6-9(7-19)14-17-12(2,3)13(4,5)18-14/h6,19H,7H2,1-5H3,(H2,15,16). The Kier molecular flexibility index (Phi) is 4.26. The average molecular weight is 312 g/mol. The molecular weight excluding hydrogens is 291 g/mol. The van der Waals surface area contributed by atoms with E-state index in [1.807, 2.05) is 40.7 Å². The second-order valence-electron chi connectivity index (χ2n) is 5.97. The summed E-state index contributed by atoms with van der Waals surface area (Å²) in [6.07, 6.45) is 2.03. The first-order valence-corrected chi connectivity index (χ1v) is 8.01. The molecule has 4 nitrogen and oxygen atoms in total. The number of aryl methyl sites for hydroxylation is 1. The number of thiazole rings is 1. The number of nitrogens with zero attached hydrogens (tertiary/aromatic N) is 1. The molecule has 0 radical (unpaired) electrons. The van der Waals surface area contributed by atoms with Gasteiger partial charge in [0.05, 0.1) is 21.8 Å². The Balaban J connectivity index is 2.29. The third-order valence-corrected chi connectivity index (χ3v) is 5.20. The first kappa shape index (κ1) is 15.9. The zero-order chi connectivity index (χ0) is 15.1. The van der Waals surface area contributed by atoms with Gasteiger partial charge in [-0.15, -0.1) is 0 Å². The summed E-state index contributed by atoms with van der Waals surface area (Å²) in [6, 6.07) is 0. The van der Waals surface area contributed by atoms with Gasteiger partial charge in [0, 0.05) is 5.75 Å². The Bertz CT molecular complexity index is 524. The molecule has 1 aromatic rings. The molecule has 0 unspecified atom stereocenters. The molecule has 1 aliphatic rings. The minimum Gasteiger partial charge on any atom is -0.400 e. The summed E-state index contributed by atoms with van der Waals surface area (Å²) in [7, 11) is -0.375. The van der Waals surface area contributed by atoms with E-state index >= 15 is 0 Å². The Hall–Kier alpha value is -0.495. The van der Waals surface area contributed by atoms with Crippen molar-refractivity contribution in [2.75, 3.05) is 11.5 Å². The molecule has 20 heavy (non-hydrogen) atoms. The number of thiol groups is 1. The fourth-order valence-electron chi connectivity index (χ4n) is 1.91. The van der Waals surface area contributed by atoms with Gasteiger partial charge in [0.1, 0.15) is 0 Å². The third-order valence-electron chi connectivity index (χ3n) is 3.90. The van der Waals surface area contributed by atoms with Crippen molar-refractivity contribution in [3.63, 3.8) is 0 Å². The van der Waals surface area contributed by atoms with Gasteiger partial charge in [0.25, 0.3) is 0 Å². The summed E-state index contributed by atoms with van der Waals surface area (Å²) in [5.41, 5.74) is 6.95. The molecule has 0 atom stereocenters. The number of aromatic nitrogens is 1. The monoisotopic (exact) mass is 312 g/mol. The number of nitrogens with two attached hydrogens (primary N) is 1. The van der Waals surface area contributed by atoms with E-state index in [-0.39, 0.29) is 18.3 Å². The van der Waals surface area contributed by atoms with Gasteiger partial charge in [-0.05, 0) is 46.2 Å². The highest BCUT2D eigenvalue weighted by molar-refractivity contribution is 7.80. The van der Waals surface area contributed by atoms with Crippen molar-refractivity contribution in [3.8, 4) is 0 Å². The largest absolute Gasteiger partial charge is 0.491 e. The van der Waals surface area contributed by atoms with Crippen LogP contribution in [0.5, 0.6) is 0 Å². The molecule has 1 aromatic heterocycles. The molecule has 1 fully saturated rings. The van der Waals surface area contributed by atoms with Crippen LogP contribution in [0.25, 0.3) is 6.08 Å². The van der Waals surface area contributed by atoms with Crippen LogP contribution in [0, 0.1) is 6.92 Å². The molecule has 1 aliphatic heterocycles. The average Bonchev–Trinajstić information content (AvgIpc) is 2.72. The predicted octanol–water partition coefficient (Wildman–Crippen LogP) is 2.98. The van der Waals surface area contributed by atoms with E-state index in [1.165, 1.54) is 11.3 Å². The Morgan fingerprint density at radius 2 is 1.90 bits per heavy atom. The molecule has 7 heteroatoms. The zero-order valence-electron chi connectivity index (χ0n) is 12.6. The number of rotatable bonds is 3. The van der Waals surface area contributed by atoms with Crippen molar-refractivity contribution in [3.05, 3.63) is 16.0 Å². The van der Waals surface area contributed by atoms with Gasteiger partial charge < -0.3 is 15.0 Å². The van der Waals surface area contributed by atoms with Crippen LogP contribution in [0.4, 0.5) is 5.13 Å². The lowest BCUT2D eigenvalue weighted by atomic mass is 9.79. The molecule has 0 amide bonds. The van der Waals surface area contributed by atoms with Gasteiger partial charge in [0.15, 0.2) is 5.13 Å². The molecule has 0 bridgehead atoms. The van der Waals surface area contributed by atoms with Gasteiger partial charge in [-0.1, -0.05) is 11.3 Å². The summed E-state index contributed by atoms with van der Waals surface area (Å²) in [5, 5.41) is 0.571. The number of anilines is 1. The van der Waals surface area contributed by atoms with Crippen LogP contribution in [0.15, 0.2) is 5.47 Å². The fourth-order valence-corrected chi connectivity index (χ4v) is 2.97. The minimum atomic E-state index is -0.375. The number of nitrogen functional groups attached to an aromatic ring is 1. The molecule has 0 aliphatic carbocycles. The highest BCUT2D eigenvalue weighted by Gasteiger charge is 2.52. The Morgan fingerprint density at radius 1 is 1.35 bits per heavy atom. The number of hydrogen-bond donors (Lipinski definition) is 2. The molecule has 0 aromatic carbocycles. The molecule has 2 rings (SSSR count). The molecule has 1 saturated heterocycles. The van der Waals surface area contributed by atoms with Crippen LogP contribution in [0.1, 0.15) is 38.3 Å². The first-order valence-electron chi connectivity index (χ1n) is 6.56. The number of hydrogen-bond acceptors (Lipinski definition) is 6. The maximum Gasteiger partial charge on any atom is 0.491 e. The van der Waals surface area contributed by atoms with Crippen molar-refractivity contribution in [2.45, 2.75) is 45.8 Å². The van der Waals surface area contributed by atoms with Gasteiger partial charge in [-0.2, -0.15) is 12.6 Å². The van der Waals surface area contributed by atoms with E-state index in [4.69, 9.17) is 15.0 Å². The summed E-state index contributed by atoms with van der Waals surface area (Å²) in [6.45, 7) is 10.1. The van der Waals surface area contributed by atoms with Crippen molar-refractivity contribution >= 4 is 42.3 Å². The Morgan fingerprint density at radius 3 is 2.30 bits per heavy atom. The van der Waals surface area contributed by atoms with Crippen LogP contribution >= 0.6 is 24.0 Å². The predicted molar refractivity (Wildman–Crippen MR) is 89.2 cm³/mol. The summed E-state index contributed by atoms with van der Waals surface area (Å²) in [4.78, 5) is 5.26. The third kappa shape index (κ3) is 2.91. The van der Waals surface area contributed by atoms with Crippen molar-refractivity contribution in [2.24, 2.45) is 0 Å². The molecular formula is C13H21BN2O2S2. The van der Waals surface area contributed by atoms with Crippen molar-refractivity contribution in [1.82, 2.24) is 4.98 Å². The van der Waals surface area contributed by atoms with Gasteiger partial charge in [-0.3, -0.25) is 0 Å². The molecule has 2 N–H and O–H groups in total. The first-order chi connectivity index (χ1) is 9.16. The van der Waals surface area contributed by atoms with Crippen LogP contribution in [0.2, 0.25) is 0 Å². The van der Waals surface area contributed by atoms with E-state index < -0.39 is 0 Å². The van der Waals surface area contributed by atoms with Crippen LogP contribution in [0.3, 0.4) is 0 Å². The molecule has 2 heterocycles. The summed E-state index contributed by atoms with van der Waals surface area (Å²) >= 11 is 5.86. The SMILES string of the molecule is Cc1nc(N)sc1C=C(CS)B1OC(C)(C)C(C)(C)O1. The molecule has 0 saturated carbocycles. The normalized spacial score (nSPS) is 21.5. The van der Waals surface area contributed by atoms with Crippen molar-refractivity contribution in [1.29, 1.82) is 0 Å². The summed E-state index contributed by atoms with van der Waals surface area (Å²) < 4.78 is 12.1. The second kappa shape index (κ2) is 5.37. The van der Waals surface area contributed by atoms with E-state index in [0.717, 1.165) is 16.0 Å². The summed E-state index contributed by atoms with van der Waals surface area (Å²) in [5.74, 6) is 0.564. The van der Waals surface area contributed by atoms with E-state index in [9.17, 15) is 0 Å². The lowest BCUT2D eigenvalue weighted by Crippen LogP contribution is -2.41. The van der Waals surface area contributed by atoms with Crippen LogP contribution in [-0.2, 0) is 9.31 Å². The fraction of sp³-hybridized carbons (Fsp3) is 0.615. The van der Waals surface area contributed by atoms with Crippen LogP contribution in [-0.4, -0.2) is 29.1 Å². The van der Waals surface area contributed by atoms with E-state index in [2.05, 4.69) is 17.6 Å². The topological polar surface area (TPSA) is 57.4 Å². The molecule has 110 valence electrons. The Labute approximate surface area is 130 Å². The molecule has 0 spiro atoms. The maximum absolute atomic E-state index is 6.05. The maximum atomic E-state index is 6.05. The lowest BCUT2D eigenvalue weighted by molar-refractivity contribution is 0.00578. The van der Waals surface area contributed by atoms with Gasteiger partial charge in [-0.25, -0.2) is 4.98 Å².